The van der Waals surface area contributed by atoms with E-state index in [0.29, 0.717) is 11.4 Å². The minimum absolute atomic E-state index is 0.251. The molecule has 0 spiro atoms. The van der Waals surface area contributed by atoms with Gasteiger partial charge in [0.05, 0.1) is 5.69 Å². The molecule has 7 nitrogen and oxygen atoms in total. The lowest BCUT2D eigenvalue weighted by Gasteiger charge is -2.33. The number of pyridine rings is 1. The zero-order valence-corrected chi connectivity index (χ0v) is 14.3. The lowest BCUT2D eigenvalue weighted by molar-refractivity contribution is 0.484. The van der Waals surface area contributed by atoms with Gasteiger partial charge in [-0.2, -0.15) is 10.4 Å². The normalized spacial score (nSPS) is 17.6. The maximum Gasteiger partial charge on any atom is 0.169 e. The number of piperidine rings is 1. The summed E-state index contributed by atoms with van der Waals surface area (Å²) in [6.45, 7) is 5.45. The molecule has 0 amide bonds. The Morgan fingerprint density at radius 1 is 1.16 bits per heavy atom. The molecule has 4 rings (SSSR count). The first kappa shape index (κ1) is 15.5. The van der Waals surface area contributed by atoms with Crippen molar-refractivity contribution < 1.29 is 0 Å². The third-order valence-corrected chi connectivity index (χ3v) is 4.97. The summed E-state index contributed by atoms with van der Waals surface area (Å²) < 4.78 is 2.05. The number of rotatable bonds is 2. The van der Waals surface area contributed by atoms with Gasteiger partial charge in [0.25, 0.3) is 0 Å². The molecule has 1 saturated heterocycles. The summed E-state index contributed by atoms with van der Waals surface area (Å²) in [4.78, 5) is 2.16. The Bertz CT molecular complexity index is 969. The predicted molar refractivity (Wildman–Crippen MR) is 93.4 cm³/mol. The smallest absolute Gasteiger partial charge is 0.169 e. The van der Waals surface area contributed by atoms with Crippen LogP contribution in [0.3, 0.4) is 0 Å². The van der Waals surface area contributed by atoms with Crippen molar-refractivity contribution in [1.82, 2.24) is 24.8 Å². The number of hydrogen-bond donors (Lipinski definition) is 0. The van der Waals surface area contributed by atoms with E-state index in [0.717, 1.165) is 48.7 Å². The van der Waals surface area contributed by atoms with E-state index in [1.807, 2.05) is 42.6 Å². The summed E-state index contributed by atoms with van der Waals surface area (Å²) in [5.74, 6) is 1.90. The topological polar surface area (TPSA) is 83.0 Å². The standard InChI is InChI=1S/C18H19N7/c1-12-13(2)20-23-18(15(12)10-19)24-8-5-6-14(11-24)17-22-21-16-7-3-4-9-25(16)17/h3-4,7,9,14H,5-6,8,11H2,1-2H3/t14-/m1/s1. The number of anilines is 1. The van der Waals surface area contributed by atoms with Crippen molar-refractivity contribution in [2.75, 3.05) is 18.0 Å². The van der Waals surface area contributed by atoms with E-state index in [1.165, 1.54) is 0 Å². The molecule has 0 saturated carbocycles. The highest BCUT2D eigenvalue weighted by molar-refractivity contribution is 5.58. The van der Waals surface area contributed by atoms with E-state index < -0.39 is 0 Å². The molecule has 0 aliphatic carbocycles. The van der Waals surface area contributed by atoms with Crippen LogP contribution in [0.1, 0.15) is 41.4 Å². The lowest BCUT2D eigenvalue weighted by atomic mass is 9.96. The van der Waals surface area contributed by atoms with E-state index in [-0.39, 0.29) is 5.92 Å². The molecule has 3 aromatic heterocycles. The molecule has 1 fully saturated rings. The Hall–Kier alpha value is -3.01. The van der Waals surface area contributed by atoms with Gasteiger partial charge < -0.3 is 4.90 Å². The van der Waals surface area contributed by atoms with Crippen LogP contribution in [0.25, 0.3) is 5.65 Å². The molecule has 0 unspecified atom stereocenters. The van der Waals surface area contributed by atoms with Crippen molar-refractivity contribution in [2.24, 2.45) is 0 Å². The monoisotopic (exact) mass is 333 g/mol. The van der Waals surface area contributed by atoms with Crippen molar-refractivity contribution in [3.05, 3.63) is 47.0 Å². The van der Waals surface area contributed by atoms with Gasteiger partial charge in [-0.25, -0.2) is 0 Å². The highest BCUT2D eigenvalue weighted by Crippen LogP contribution is 2.30. The van der Waals surface area contributed by atoms with Gasteiger partial charge in [0.1, 0.15) is 17.5 Å². The van der Waals surface area contributed by atoms with Crippen molar-refractivity contribution in [1.29, 1.82) is 5.26 Å². The number of nitriles is 1. The van der Waals surface area contributed by atoms with Gasteiger partial charge in [0.15, 0.2) is 11.5 Å². The largest absolute Gasteiger partial charge is 0.353 e. The second-order valence-electron chi connectivity index (χ2n) is 6.49. The summed E-state index contributed by atoms with van der Waals surface area (Å²) >= 11 is 0. The quantitative estimate of drug-likeness (QED) is 0.716. The highest BCUT2D eigenvalue weighted by Gasteiger charge is 2.28. The number of aromatic nitrogens is 5. The SMILES string of the molecule is Cc1nnc(N2CCC[C@@H](c3nnc4ccccn34)C2)c(C#N)c1C. The van der Waals surface area contributed by atoms with Gasteiger partial charge in [0, 0.05) is 25.2 Å². The van der Waals surface area contributed by atoms with Gasteiger partial charge in [-0.05, 0) is 44.4 Å². The Kier molecular flexibility index (Phi) is 3.80. The molecule has 0 N–H and O–H groups in total. The fourth-order valence-corrected chi connectivity index (χ4v) is 3.47. The summed E-state index contributed by atoms with van der Waals surface area (Å²) in [6, 6.07) is 8.21. The molecule has 1 aliphatic rings. The molecule has 0 aromatic carbocycles. The second kappa shape index (κ2) is 6.13. The van der Waals surface area contributed by atoms with E-state index in [2.05, 4.69) is 31.4 Å². The molecular weight excluding hydrogens is 314 g/mol. The zero-order chi connectivity index (χ0) is 17.4. The molecule has 0 bridgehead atoms. The number of fused-ring (bicyclic) bond motifs is 1. The first-order valence-electron chi connectivity index (χ1n) is 8.47. The molecule has 126 valence electrons. The molecule has 3 aromatic rings. The van der Waals surface area contributed by atoms with E-state index in [9.17, 15) is 5.26 Å². The van der Waals surface area contributed by atoms with Crippen molar-refractivity contribution in [3.63, 3.8) is 0 Å². The summed E-state index contributed by atoms with van der Waals surface area (Å²) in [5.41, 5.74) is 3.19. The van der Waals surface area contributed by atoms with Gasteiger partial charge >= 0.3 is 0 Å². The Balaban J connectivity index is 1.68. The second-order valence-corrected chi connectivity index (χ2v) is 6.49. The number of nitrogens with zero attached hydrogens (tertiary/aromatic N) is 7. The number of aryl methyl sites for hydroxylation is 1. The molecule has 1 atom stereocenters. The van der Waals surface area contributed by atoms with Crippen LogP contribution >= 0.6 is 0 Å². The van der Waals surface area contributed by atoms with Gasteiger partial charge in [-0.1, -0.05) is 6.07 Å². The predicted octanol–water partition coefficient (Wildman–Crippen LogP) is 2.39. The van der Waals surface area contributed by atoms with Crippen LogP contribution in [0.2, 0.25) is 0 Å². The van der Waals surface area contributed by atoms with Crippen LogP contribution in [0.4, 0.5) is 5.82 Å². The fraction of sp³-hybridized carbons (Fsp3) is 0.389. The Morgan fingerprint density at radius 2 is 2.04 bits per heavy atom. The van der Waals surface area contributed by atoms with Crippen LogP contribution in [-0.4, -0.2) is 37.9 Å². The fourth-order valence-electron chi connectivity index (χ4n) is 3.47. The highest BCUT2D eigenvalue weighted by atomic mass is 15.3. The summed E-state index contributed by atoms with van der Waals surface area (Å²) in [6.07, 6.45) is 4.07. The molecule has 4 heterocycles. The van der Waals surface area contributed by atoms with Crippen LogP contribution in [-0.2, 0) is 0 Å². The van der Waals surface area contributed by atoms with Crippen LogP contribution in [0.5, 0.6) is 0 Å². The lowest BCUT2D eigenvalue weighted by Crippen LogP contribution is -2.36. The zero-order valence-electron chi connectivity index (χ0n) is 14.3. The molecule has 7 heteroatoms. The number of hydrogen-bond acceptors (Lipinski definition) is 6. The first-order valence-corrected chi connectivity index (χ1v) is 8.47. The van der Waals surface area contributed by atoms with Gasteiger partial charge in [-0.3, -0.25) is 4.40 Å². The average Bonchev–Trinajstić information content (AvgIpc) is 3.08. The maximum absolute atomic E-state index is 9.57. The Morgan fingerprint density at radius 3 is 2.88 bits per heavy atom. The average molecular weight is 333 g/mol. The first-order chi connectivity index (χ1) is 12.2. The van der Waals surface area contributed by atoms with Crippen molar-refractivity contribution in [3.8, 4) is 6.07 Å². The van der Waals surface area contributed by atoms with Crippen LogP contribution < -0.4 is 4.90 Å². The molecular formula is C18H19N7. The van der Waals surface area contributed by atoms with Crippen molar-refractivity contribution >= 4 is 11.5 Å². The summed E-state index contributed by atoms with van der Waals surface area (Å²) in [5, 5.41) is 26.8. The minimum Gasteiger partial charge on any atom is -0.353 e. The van der Waals surface area contributed by atoms with Crippen LogP contribution in [0.15, 0.2) is 24.4 Å². The van der Waals surface area contributed by atoms with E-state index in [4.69, 9.17) is 0 Å². The van der Waals surface area contributed by atoms with Gasteiger partial charge in [-0.15, -0.1) is 15.3 Å². The third kappa shape index (κ3) is 2.60. The van der Waals surface area contributed by atoms with Crippen molar-refractivity contribution in [2.45, 2.75) is 32.6 Å². The van der Waals surface area contributed by atoms with Gasteiger partial charge in [0.2, 0.25) is 0 Å². The minimum atomic E-state index is 0.251. The third-order valence-electron chi connectivity index (χ3n) is 4.97. The summed E-state index contributed by atoms with van der Waals surface area (Å²) in [7, 11) is 0. The molecule has 1 aliphatic heterocycles. The maximum atomic E-state index is 9.57. The Labute approximate surface area is 145 Å². The molecule has 0 radical (unpaired) electrons. The molecule has 25 heavy (non-hydrogen) atoms. The van der Waals surface area contributed by atoms with E-state index >= 15 is 0 Å². The van der Waals surface area contributed by atoms with E-state index in [1.54, 1.807) is 0 Å². The van der Waals surface area contributed by atoms with Crippen LogP contribution in [0, 0.1) is 25.2 Å².